The highest BCUT2D eigenvalue weighted by Gasteiger charge is 2.11. The van der Waals surface area contributed by atoms with Crippen LogP contribution in [0.5, 0.6) is 0 Å². The highest BCUT2D eigenvalue weighted by molar-refractivity contribution is 7.90. The Morgan fingerprint density at radius 3 is 2.43 bits per heavy atom. The van der Waals surface area contributed by atoms with E-state index in [0.29, 0.717) is 0 Å². The number of rotatable bonds is 2. The van der Waals surface area contributed by atoms with Crippen molar-refractivity contribution in [2.75, 3.05) is 0 Å². The standard InChI is InChI=1S/C7H9N3O3S/c8-7(9-11)10-14(12,13)6-4-2-1-3-5-6/h1-5,11H,(H3,8,9,10). The Hall–Kier alpha value is -1.60. The zero-order valence-electron chi connectivity index (χ0n) is 7.08. The van der Waals surface area contributed by atoms with Crippen molar-refractivity contribution in [2.24, 2.45) is 10.1 Å². The zero-order chi connectivity index (χ0) is 10.6. The molecule has 0 bridgehead atoms. The maximum atomic E-state index is 11.4. The first-order valence-corrected chi connectivity index (χ1v) is 5.06. The Balaban J connectivity index is 3.11. The summed E-state index contributed by atoms with van der Waals surface area (Å²) in [6.45, 7) is 0. The predicted octanol–water partition coefficient (Wildman–Crippen LogP) is -0.331. The average Bonchev–Trinajstić information content (AvgIpc) is 2.18. The molecule has 0 spiro atoms. The van der Waals surface area contributed by atoms with Crippen molar-refractivity contribution < 1.29 is 13.6 Å². The van der Waals surface area contributed by atoms with Crippen LogP contribution in [0.25, 0.3) is 0 Å². The van der Waals surface area contributed by atoms with Crippen LogP contribution in [0.2, 0.25) is 0 Å². The molecule has 7 heteroatoms. The molecular formula is C7H9N3O3S. The van der Waals surface area contributed by atoms with E-state index in [0.717, 1.165) is 0 Å². The van der Waals surface area contributed by atoms with Gasteiger partial charge in [-0.05, 0) is 12.1 Å². The molecule has 76 valence electrons. The quantitative estimate of drug-likeness (QED) is 0.356. The molecule has 0 aliphatic rings. The maximum absolute atomic E-state index is 11.4. The van der Waals surface area contributed by atoms with E-state index in [9.17, 15) is 8.42 Å². The van der Waals surface area contributed by atoms with E-state index in [1.165, 1.54) is 17.6 Å². The number of hydrogen-bond acceptors (Lipinski definition) is 3. The van der Waals surface area contributed by atoms with Gasteiger partial charge in [-0.2, -0.15) is 8.42 Å². The van der Waals surface area contributed by atoms with Gasteiger partial charge in [0.1, 0.15) is 0 Å². The number of nitrogens with two attached hydrogens (primary N) is 1. The molecule has 0 unspecified atom stereocenters. The van der Waals surface area contributed by atoms with Crippen LogP contribution in [0, 0.1) is 0 Å². The van der Waals surface area contributed by atoms with Crippen molar-refractivity contribution in [2.45, 2.75) is 4.90 Å². The third kappa shape index (κ3) is 2.44. The minimum atomic E-state index is -3.83. The van der Waals surface area contributed by atoms with Crippen molar-refractivity contribution >= 4 is 16.0 Å². The topological polar surface area (TPSA) is 105 Å². The van der Waals surface area contributed by atoms with Gasteiger partial charge in [-0.1, -0.05) is 18.2 Å². The summed E-state index contributed by atoms with van der Waals surface area (Å²) in [5.74, 6) is -0.575. The second-order valence-corrected chi connectivity index (χ2v) is 3.98. The summed E-state index contributed by atoms with van der Waals surface area (Å²) in [5.41, 5.74) is 6.45. The van der Waals surface area contributed by atoms with Crippen LogP contribution in [0.15, 0.2) is 39.6 Å². The van der Waals surface area contributed by atoms with Crippen LogP contribution in [0.3, 0.4) is 0 Å². The first kappa shape index (κ1) is 10.5. The normalized spacial score (nSPS) is 12.5. The van der Waals surface area contributed by atoms with Crippen LogP contribution in [-0.2, 0) is 10.0 Å². The van der Waals surface area contributed by atoms with Gasteiger partial charge in [0.05, 0.1) is 4.90 Å². The van der Waals surface area contributed by atoms with Crippen LogP contribution in [0.4, 0.5) is 0 Å². The SMILES string of the molecule is NC(=NS(=O)(=O)c1ccccc1)NO. The molecule has 6 nitrogen and oxygen atoms in total. The molecule has 0 heterocycles. The fourth-order valence-corrected chi connectivity index (χ4v) is 1.70. The third-order valence-electron chi connectivity index (χ3n) is 1.37. The molecule has 0 saturated heterocycles. The monoisotopic (exact) mass is 215 g/mol. The molecule has 14 heavy (non-hydrogen) atoms. The summed E-state index contributed by atoms with van der Waals surface area (Å²) >= 11 is 0. The fourth-order valence-electron chi connectivity index (χ4n) is 0.795. The number of benzene rings is 1. The molecule has 0 aliphatic carbocycles. The second-order valence-electron chi connectivity index (χ2n) is 2.38. The molecule has 0 aromatic heterocycles. The molecular weight excluding hydrogens is 206 g/mol. The zero-order valence-corrected chi connectivity index (χ0v) is 7.90. The van der Waals surface area contributed by atoms with E-state index in [2.05, 4.69) is 4.40 Å². The number of nitrogens with zero attached hydrogens (tertiary/aromatic N) is 1. The molecule has 0 amide bonds. The lowest BCUT2D eigenvalue weighted by Gasteiger charge is -1.99. The number of hydroxylamine groups is 1. The number of nitrogens with one attached hydrogen (secondary N) is 1. The van der Waals surface area contributed by atoms with Crippen molar-refractivity contribution in [1.29, 1.82) is 0 Å². The highest BCUT2D eigenvalue weighted by atomic mass is 32.2. The van der Waals surface area contributed by atoms with E-state index < -0.39 is 16.0 Å². The fraction of sp³-hybridized carbons (Fsp3) is 0. The van der Waals surface area contributed by atoms with Gasteiger partial charge in [-0.15, -0.1) is 4.40 Å². The molecule has 1 aromatic rings. The summed E-state index contributed by atoms with van der Waals surface area (Å²) in [5, 5.41) is 8.27. The van der Waals surface area contributed by atoms with Crippen molar-refractivity contribution in [3.63, 3.8) is 0 Å². The van der Waals surface area contributed by atoms with Gasteiger partial charge in [-0.25, -0.2) is 5.48 Å². The molecule has 0 saturated carbocycles. The van der Waals surface area contributed by atoms with Gasteiger partial charge >= 0.3 is 0 Å². The highest BCUT2D eigenvalue weighted by Crippen LogP contribution is 2.10. The predicted molar refractivity (Wildman–Crippen MR) is 50.2 cm³/mol. The minimum absolute atomic E-state index is 0.0122. The number of sulfonamides is 1. The summed E-state index contributed by atoms with van der Waals surface area (Å²) in [4.78, 5) is 0.0122. The molecule has 4 N–H and O–H groups in total. The maximum Gasteiger partial charge on any atom is 0.285 e. The summed E-state index contributed by atoms with van der Waals surface area (Å²) in [6.07, 6.45) is 0. The van der Waals surface area contributed by atoms with E-state index in [1.807, 2.05) is 0 Å². The van der Waals surface area contributed by atoms with Gasteiger partial charge < -0.3 is 5.73 Å². The van der Waals surface area contributed by atoms with Crippen LogP contribution < -0.4 is 11.2 Å². The molecule has 1 aromatic carbocycles. The smallest absolute Gasteiger partial charge is 0.285 e. The second kappa shape index (κ2) is 4.07. The summed E-state index contributed by atoms with van der Waals surface area (Å²) in [6, 6.07) is 7.55. The number of guanidine groups is 1. The van der Waals surface area contributed by atoms with Crippen molar-refractivity contribution in [3.05, 3.63) is 30.3 Å². The Labute approximate surface area is 81.1 Å². The minimum Gasteiger partial charge on any atom is -0.367 e. The molecule has 0 atom stereocenters. The van der Waals surface area contributed by atoms with Gasteiger partial charge in [0, 0.05) is 0 Å². The lowest BCUT2D eigenvalue weighted by atomic mass is 10.4. The Kier molecular flexibility index (Phi) is 3.05. The van der Waals surface area contributed by atoms with E-state index in [4.69, 9.17) is 10.9 Å². The van der Waals surface area contributed by atoms with Crippen molar-refractivity contribution in [1.82, 2.24) is 5.48 Å². The third-order valence-corrected chi connectivity index (χ3v) is 2.68. The molecule has 0 radical (unpaired) electrons. The van der Waals surface area contributed by atoms with E-state index >= 15 is 0 Å². The largest absolute Gasteiger partial charge is 0.367 e. The summed E-state index contributed by atoms with van der Waals surface area (Å²) in [7, 11) is -3.83. The Bertz CT molecular complexity index is 427. The van der Waals surface area contributed by atoms with E-state index in [1.54, 1.807) is 18.2 Å². The van der Waals surface area contributed by atoms with Gasteiger partial charge in [-0.3, -0.25) is 5.21 Å². The first-order chi connectivity index (χ1) is 6.56. The average molecular weight is 215 g/mol. The molecule has 0 aliphatic heterocycles. The Morgan fingerprint density at radius 2 is 1.93 bits per heavy atom. The van der Waals surface area contributed by atoms with Crippen LogP contribution in [-0.4, -0.2) is 19.6 Å². The first-order valence-electron chi connectivity index (χ1n) is 3.62. The molecule has 0 fully saturated rings. The Morgan fingerprint density at radius 1 is 1.36 bits per heavy atom. The lowest BCUT2D eigenvalue weighted by molar-refractivity contribution is 0.233. The van der Waals surface area contributed by atoms with Crippen LogP contribution in [0.1, 0.15) is 0 Å². The lowest BCUT2D eigenvalue weighted by Crippen LogP contribution is -2.29. The van der Waals surface area contributed by atoms with Gasteiger partial charge in [0.25, 0.3) is 10.0 Å². The van der Waals surface area contributed by atoms with Crippen molar-refractivity contribution in [3.8, 4) is 0 Å². The number of hydrogen-bond donors (Lipinski definition) is 3. The van der Waals surface area contributed by atoms with Gasteiger partial charge in [0.2, 0.25) is 5.96 Å². The van der Waals surface area contributed by atoms with Crippen LogP contribution >= 0.6 is 0 Å². The van der Waals surface area contributed by atoms with Gasteiger partial charge in [0.15, 0.2) is 0 Å². The van der Waals surface area contributed by atoms with E-state index in [-0.39, 0.29) is 4.90 Å². The molecule has 1 rings (SSSR count). The summed E-state index contributed by atoms with van der Waals surface area (Å²) < 4.78 is 25.9.